The van der Waals surface area contributed by atoms with Crippen LogP contribution < -0.4 is 9.46 Å². The summed E-state index contributed by atoms with van der Waals surface area (Å²) in [4.78, 5) is 16.0. The summed E-state index contributed by atoms with van der Waals surface area (Å²) in [6.45, 7) is 2.03. The Labute approximate surface area is 210 Å². The zero-order valence-electron chi connectivity index (χ0n) is 18.2. The number of halogens is 2. The second-order valence-electron chi connectivity index (χ2n) is 7.59. The van der Waals surface area contributed by atoms with Crippen molar-refractivity contribution < 1.29 is 22.7 Å². The van der Waals surface area contributed by atoms with Crippen LogP contribution in [-0.2, 0) is 32.5 Å². The van der Waals surface area contributed by atoms with Crippen molar-refractivity contribution in [3.05, 3.63) is 63.5 Å². The molecule has 0 saturated carbocycles. The van der Waals surface area contributed by atoms with Gasteiger partial charge in [-0.25, -0.2) is 18.1 Å². The van der Waals surface area contributed by atoms with Gasteiger partial charge in [-0.1, -0.05) is 11.6 Å². The number of ether oxygens (including phenoxy) is 2. The van der Waals surface area contributed by atoms with E-state index >= 15 is 0 Å². The number of hydrogen-bond acceptors (Lipinski definition) is 7. The first-order valence-electron chi connectivity index (χ1n) is 10.6. The quantitative estimate of drug-likeness (QED) is 0.400. The Kier molecular flexibility index (Phi) is 7.56. The van der Waals surface area contributed by atoms with Gasteiger partial charge in [0.15, 0.2) is 0 Å². The number of hydrogen-bond donors (Lipinski definition) is 1. The van der Waals surface area contributed by atoms with Gasteiger partial charge in [0.1, 0.15) is 17.2 Å². The van der Waals surface area contributed by atoms with Gasteiger partial charge in [0.25, 0.3) is 0 Å². The Morgan fingerprint density at radius 1 is 1.29 bits per heavy atom. The van der Waals surface area contributed by atoms with Gasteiger partial charge in [-0.2, -0.15) is 5.10 Å². The van der Waals surface area contributed by atoms with E-state index in [2.05, 4.69) is 30.7 Å². The number of rotatable bonds is 8. The molecular weight excluding hydrogens is 548 g/mol. The zero-order chi connectivity index (χ0) is 24.3. The summed E-state index contributed by atoms with van der Waals surface area (Å²) in [5, 5.41) is 4.85. The first-order chi connectivity index (χ1) is 16.3. The van der Waals surface area contributed by atoms with Gasteiger partial charge in [-0.15, -0.1) is 0 Å². The molecule has 0 fully saturated rings. The summed E-state index contributed by atoms with van der Waals surface area (Å²) >= 11 is 9.22. The second kappa shape index (κ2) is 10.4. The van der Waals surface area contributed by atoms with E-state index in [1.54, 1.807) is 42.1 Å². The Bertz CT molecular complexity index is 1300. The summed E-state index contributed by atoms with van der Waals surface area (Å²) in [6.07, 6.45) is 4.93. The highest BCUT2D eigenvalue weighted by Gasteiger charge is 2.29. The van der Waals surface area contributed by atoms with Gasteiger partial charge >= 0.3 is 5.97 Å². The number of pyridine rings is 1. The van der Waals surface area contributed by atoms with E-state index in [9.17, 15) is 13.2 Å². The standard InChI is InChI=1S/C22H22BrClN4O5S/c1-2-32-21(29)13-28-20-5-3-4-19(17(20)12-26-28)27-34(30,31)16-10-18(23)22(25-11-16)33-15-8-6-14(24)7-9-15/h6-12,19,27H,2-5,13H2,1H3/t19-/m1/s1. The van der Waals surface area contributed by atoms with Gasteiger partial charge in [0.2, 0.25) is 15.9 Å². The highest BCUT2D eigenvalue weighted by atomic mass is 79.9. The maximum absolute atomic E-state index is 13.1. The lowest BCUT2D eigenvalue weighted by Crippen LogP contribution is -2.31. The summed E-state index contributed by atoms with van der Waals surface area (Å²) in [5.74, 6) is 0.357. The van der Waals surface area contributed by atoms with Gasteiger partial charge in [0, 0.05) is 16.3 Å². The molecule has 2 heterocycles. The Hall–Kier alpha value is -2.47. The number of nitrogens with zero attached hydrogens (tertiary/aromatic N) is 3. The first kappa shape index (κ1) is 24.6. The van der Waals surface area contributed by atoms with Crippen LogP contribution in [0.15, 0.2) is 52.1 Å². The van der Waals surface area contributed by atoms with Crippen molar-refractivity contribution in [3.63, 3.8) is 0 Å². The normalized spacial score (nSPS) is 15.6. The van der Waals surface area contributed by atoms with Crippen molar-refractivity contribution in [2.75, 3.05) is 6.61 Å². The van der Waals surface area contributed by atoms with Crippen LogP contribution in [0.1, 0.15) is 37.1 Å². The van der Waals surface area contributed by atoms with Crippen LogP contribution in [0, 0.1) is 0 Å². The third kappa shape index (κ3) is 5.60. The van der Waals surface area contributed by atoms with E-state index in [1.807, 2.05) is 0 Å². The molecule has 0 saturated heterocycles. The predicted molar refractivity (Wildman–Crippen MR) is 128 cm³/mol. The molecule has 12 heteroatoms. The number of sulfonamides is 1. The van der Waals surface area contributed by atoms with Crippen molar-refractivity contribution in [1.82, 2.24) is 19.5 Å². The lowest BCUT2D eigenvalue weighted by molar-refractivity contribution is -0.144. The van der Waals surface area contributed by atoms with Gasteiger partial charge < -0.3 is 9.47 Å². The fourth-order valence-corrected chi connectivity index (χ4v) is 5.63. The number of nitrogens with one attached hydrogen (secondary N) is 1. The maximum Gasteiger partial charge on any atom is 0.327 e. The van der Waals surface area contributed by atoms with Crippen LogP contribution in [0.5, 0.6) is 11.6 Å². The SMILES string of the molecule is CCOC(=O)Cn1ncc2c1CCC[C@H]2NS(=O)(=O)c1cnc(Oc2ccc(Cl)cc2)c(Br)c1. The first-order valence-corrected chi connectivity index (χ1v) is 13.2. The summed E-state index contributed by atoms with van der Waals surface area (Å²) < 4.78 is 41.6. The van der Waals surface area contributed by atoms with E-state index in [4.69, 9.17) is 21.1 Å². The fourth-order valence-electron chi connectivity index (χ4n) is 3.71. The van der Waals surface area contributed by atoms with Crippen molar-refractivity contribution >= 4 is 43.5 Å². The van der Waals surface area contributed by atoms with Crippen molar-refractivity contribution in [3.8, 4) is 11.6 Å². The van der Waals surface area contributed by atoms with E-state index in [-0.39, 0.29) is 29.9 Å². The summed E-state index contributed by atoms with van der Waals surface area (Å²) in [7, 11) is -3.89. The minimum atomic E-state index is -3.89. The predicted octanol–water partition coefficient (Wildman–Crippen LogP) is 4.41. The van der Waals surface area contributed by atoms with Gasteiger partial charge in [-0.05, 0) is 72.4 Å². The second-order valence-corrected chi connectivity index (χ2v) is 10.6. The molecule has 0 unspecified atom stereocenters. The molecule has 9 nitrogen and oxygen atoms in total. The number of carbonyl (C=O) groups excluding carboxylic acids is 1. The number of aromatic nitrogens is 3. The molecule has 1 aromatic carbocycles. The Morgan fingerprint density at radius 2 is 2.06 bits per heavy atom. The van der Waals surface area contributed by atoms with Gasteiger partial charge in [-0.3, -0.25) is 9.48 Å². The van der Waals surface area contributed by atoms with Crippen LogP contribution in [0.2, 0.25) is 5.02 Å². The van der Waals surface area contributed by atoms with Crippen molar-refractivity contribution in [2.45, 2.75) is 43.7 Å². The van der Waals surface area contributed by atoms with Gasteiger partial charge in [0.05, 0.1) is 29.5 Å². The molecular formula is C22H22BrClN4O5S. The third-order valence-corrected chi connectivity index (χ3v) is 7.52. The molecule has 1 aliphatic rings. The van der Waals surface area contributed by atoms with Crippen LogP contribution in [0.4, 0.5) is 0 Å². The Balaban J connectivity index is 1.50. The highest BCUT2D eigenvalue weighted by molar-refractivity contribution is 9.10. The molecule has 1 atom stereocenters. The molecule has 0 radical (unpaired) electrons. The summed E-state index contributed by atoms with van der Waals surface area (Å²) in [5.41, 5.74) is 1.59. The van der Waals surface area contributed by atoms with E-state index < -0.39 is 16.1 Å². The molecule has 4 rings (SSSR count). The summed E-state index contributed by atoms with van der Waals surface area (Å²) in [6, 6.07) is 7.71. The average Bonchev–Trinajstić information content (AvgIpc) is 3.20. The van der Waals surface area contributed by atoms with E-state index in [1.165, 1.54) is 12.3 Å². The minimum absolute atomic E-state index is 0.00537. The average molecular weight is 570 g/mol. The fraction of sp³-hybridized carbons (Fsp3) is 0.318. The zero-order valence-corrected chi connectivity index (χ0v) is 21.4. The Morgan fingerprint density at radius 3 is 2.76 bits per heavy atom. The minimum Gasteiger partial charge on any atom is -0.465 e. The maximum atomic E-state index is 13.1. The smallest absolute Gasteiger partial charge is 0.327 e. The van der Waals surface area contributed by atoms with E-state index in [0.717, 1.165) is 17.7 Å². The molecule has 34 heavy (non-hydrogen) atoms. The number of benzene rings is 1. The molecule has 0 bridgehead atoms. The van der Waals surface area contributed by atoms with Crippen molar-refractivity contribution in [2.24, 2.45) is 0 Å². The lowest BCUT2D eigenvalue weighted by Gasteiger charge is -2.24. The lowest BCUT2D eigenvalue weighted by atomic mass is 9.94. The van der Waals surface area contributed by atoms with Crippen LogP contribution >= 0.6 is 27.5 Å². The van der Waals surface area contributed by atoms with E-state index in [0.29, 0.717) is 28.1 Å². The molecule has 3 aromatic rings. The number of esters is 1. The molecule has 2 aromatic heterocycles. The molecule has 0 amide bonds. The van der Waals surface area contributed by atoms with Crippen LogP contribution in [0.3, 0.4) is 0 Å². The molecule has 180 valence electrons. The monoisotopic (exact) mass is 568 g/mol. The molecule has 0 spiro atoms. The largest absolute Gasteiger partial charge is 0.465 e. The van der Waals surface area contributed by atoms with Crippen LogP contribution in [0.25, 0.3) is 0 Å². The highest BCUT2D eigenvalue weighted by Crippen LogP contribution is 2.33. The molecule has 0 aliphatic heterocycles. The van der Waals surface area contributed by atoms with Crippen molar-refractivity contribution in [1.29, 1.82) is 0 Å². The topological polar surface area (TPSA) is 112 Å². The number of carbonyl (C=O) groups is 1. The number of fused-ring (bicyclic) bond motifs is 1. The molecule has 1 aliphatic carbocycles. The van der Waals surface area contributed by atoms with Crippen LogP contribution in [-0.4, -0.2) is 35.8 Å². The molecule has 1 N–H and O–H groups in total. The third-order valence-electron chi connectivity index (χ3n) is 5.27.